The third-order valence-electron chi connectivity index (χ3n) is 3.51. The average molecular weight is 302 g/mol. The number of alkyl halides is 1. The summed E-state index contributed by atoms with van der Waals surface area (Å²) < 4.78 is 30.1. The van der Waals surface area contributed by atoms with E-state index in [0.29, 0.717) is 6.42 Å². The zero-order valence-corrected chi connectivity index (χ0v) is 13.9. The molecule has 0 heterocycles. The summed E-state index contributed by atoms with van der Waals surface area (Å²) in [6.07, 6.45) is 0.836. The largest absolute Gasteiger partial charge is 0.747 e. The Labute approximate surface area is 118 Å². The SMILES string of the molecule is CCCC(Cl)S(=O)(=O)[O-].CC[N+](CC)(CC)CC. The third kappa shape index (κ3) is 8.29. The molecule has 0 bridgehead atoms. The van der Waals surface area contributed by atoms with Gasteiger partial charge in [-0.3, -0.25) is 0 Å². The maximum absolute atomic E-state index is 10.0. The molecule has 0 aliphatic rings. The van der Waals surface area contributed by atoms with E-state index in [0.717, 1.165) is 0 Å². The lowest BCUT2D eigenvalue weighted by Gasteiger charge is -2.34. The molecule has 0 saturated heterocycles. The van der Waals surface area contributed by atoms with Crippen molar-refractivity contribution in [3.63, 3.8) is 0 Å². The predicted octanol–water partition coefficient (Wildman–Crippen LogP) is 2.78. The topological polar surface area (TPSA) is 57.2 Å². The van der Waals surface area contributed by atoms with Crippen molar-refractivity contribution >= 4 is 21.7 Å². The first-order valence-electron chi connectivity index (χ1n) is 6.66. The van der Waals surface area contributed by atoms with Crippen LogP contribution >= 0.6 is 11.6 Å². The Morgan fingerprint density at radius 3 is 1.39 bits per heavy atom. The summed E-state index contributed by atoms with van der Waals surface area (Å²) in [6.45, 7) is 16.0. The van der Waals surface area contributed by atoms with Crippen LogP contribution < -0.4 is 0 Å². The third-order valence-corrected chi connectivity index (χ3v) is 5.25. The van der Waals surface area contributed by atoms with Gasteiger partial charge in [-0.1, -0.05) is 13.3 Å². The lowest BCUT2D eigenvalue weighted by molar-refractivity contribution is -0.921. The fraction of sp³-hybridized carbons (Fsp3) is 1.00. The normalized spacial score (nSPS) is 13.7. The van der Waals surface area contributed by atoms with Crippen molar-refractivity contribution in [2.45, 2.75) is 52.2 Å². The Morgan fingerprint density at radius 2 is 1.33 bits per heavy atom. The van der Waals surface area contributed by atoms with Gasteiger partial charge in [-0.05, 0) is 34.1 Å². The second-order valence-corrected chi connectivity index (χ2v) is 6.64. The van der Waals surface area contributed by atoms with Crippen molar-refractivity contribution in [2.75, 3.05) is 26.2 Å². The van der Waals surface area contributed by atoms with Crippen molar-refractivity contribution in [3.05, 3.63) is 0 Å². The van der Waals surface area contributed by atoms with Gasteiger partial charge in [-0.15, -0.1) is 11.6 Å². The van der Waals surface area contributed by atoms with E-state index in [1.807, 2.05) is 0 Å². The van der Waals surface area contributed by atoms with Crippen molar-refractivity contribution in [1.82, 2.24) is 0 Å². The van der Waals surface area contributed by atoms with Crippen LogP contribution in [0.3, 0.4) is 0 Å². The molecule has 0 amide bonds. The molecule has 4 nitrogen and oxygen atoms in total. The highest BCUT2D eigenvalue weighted by atomic mass is 35.5. The van der Waals surface area contributed by atoms with E-state index in [4.69, 9.17) is 11.6 Å². The number of rotatable bonds is 7. The number of nitrogens with zero attached hydrogens (tertiary/aromatic N) is 1. The maximum Gasteiger partial charge on any atom is 0.123 e. The summed E-state index contributed by atoms with van der Waals surface area (Å²) in [7, 11) is -4.25. The molecule has 1 unspecified atom stereocenters. The van der Waals surface area contributed by atoms with Gasteiger partial charge in [0.1, 0.15) is 14.8 Å². The summed E-state index contributed by atoms with van der Waals surface area (Å²) >= 11 is 5.16. The molecule has 1 atom stereocenters. The van der Waals surface area contributed by atoms with Crippen molar-refractivity contribution in [2.24, 2.45) is 0 Å². The van der Waals surface area contributed by atoms with Gasteiger partial charge < -0.3 is 9.04 Å². The Kier molecular flexibility index (Phi) is 11.4. The zero-order chi connectivity index (χ0) is 14.8. The first kappa shape index (κ1) is 20.5. The number of quaternary nitrogens is 1. The monoisotopic (exact) mass is 301 g/mol. The van der Waals surface area contributed by atoms with Crippen LogP contribution in [-0.2, 0) is 10.1 Å². The molecule has 0 radical (unpaired) electrons. The zero-order valence-electron chi connectivity index (χ0n) is 12.3. The average Bonchev–Trinajstić information content (AvgIpc) is 2.33. The molecule has 18 heavy (non-hydrogen) atoms. The standard InChI is InChI=1S/C8H20N.C4H9ClO3S/c1-5-9(6-2,7-3)8-4;1-2-3-4(5)9(6,7)8/h5-8H2,1-4H3;4H,2-3H2,1H3,(H,6,7,8)/q+1;/p-1. The van der Waals surface area contributed by atoms with E-state index < -0.39 is 14.8 Å². The van der Waals surface area contributed by atoms with E-state index in [9.17, 15) is 13.0 Å². The molecule has 6 heteroatoms. The second kappa shape index (κ2) is 10.0. The van der Waals surface area contributed by atoms with E-state index in [1.54, 1.807) is 6.92 Å². The Morgan fingerprint density at radius 1 is 1.00 bits per heavy atom. The number of halogens is 1. The van der Waals surface area contributed by atoms with E-state index in [2.05, 4.69) is 27.7 Å². The molecule has 0 rings (SSSR count). The number of hydrogen-bond acceptors (Lipinski definition) is 3. The minimum absolute atomic E-state index is 0.230. The van der Waals surface area contributed by atoms with Crippen molar-refractivity contribution in [1.29, 1.82) is 0 Å². The van der Waals surface area contributed by atoms with Gasteiger partial charge in [0.2, 0.25) is 0 Å². The summed E-state index contributed by atoms with van der Waals surface area (Å²) in [4.78, 5) is 0. The summed E-state index contributed by atoms with van der Waals surface area (Å²) in [6, 6.07) is 0. The first-order chi connectivity index (χ1) is 8.22. The molecule has 0 spiro atoms. The van der Waals surface area contributed by atoms with Crippen LogP contribution in [0.15, 0.2) is 0 Å². The van der Waals surface area contributed by atoms with Crippen LogP contribution in [0.5, 0.6) is 0 Å². The fourth-order valence-electron chi connectivity index (χ4n) is 1.71. The van der Waals surface area contributed by atoms with Gasteiger partial charge in [0.25, 0.3) is 0 Å². The summed E-state index contributed by atoms with van der Waals surface area (Å²) in [5, 5.41) is 0. The Bertz CT molecular complexity index is 272. The lowest BCUT2D eigenvalue weighted by atomic mass is 10.3. The minimum atomic E-state index is -4.25. The van der Waals surface area contributed by atoms with Gasteiger partial charge in [0.15, 0.2) is 0 Å². The van der Waals surface area contributed by atoms with Gasteiger partial charge in [0.05, 0.1) is 26.2 Å². The smallest absolute Gasteiger partial charge is 0.123 e. The summed E-state index contributed by atoms with van der Waals surface area (Å²) in [5.41, 5.74) is 0. The van der Waals surface area contributed by atoms with Gasteiger partial charge in [-0.2, -0.15) is 0 Å². The quantitative estimate of drug-likeness (QED) is 0.413. The van der Waals surface area contributed by atoms with E-state index in [1.165, 1.54) is 30.7 Å². The predicted molar refractivity (Wildman–Crippen MR) is 76.7 cm³/mol. The van der Waals surface area contributed by atoms with Crippen LogP contribution in [0, 0.1) is 0 Å². The Hall–Kier alpha value is 0.160. The molecule has 0 fully saturated rings. The molecule has 0 aliphatic heterocycles. The van der Waals surface area contributed by atoms with Gasteiger partial charge in [-0.25, -0.2) is 8.42 Å². The second-order valence-electron chi connectivity index (χ2n) is 4.30. The highest BCUT2D eigenvalue weighted by Gasteiger charge is 2.16. The Balaban J connectivity index is 0. The van der Waals surface area contributed by atoms with E-state index >= 15 is 0 Å². The highest BCUT2D eigenvalue weighted by Crippen LogP contribution is 2.10. The fourth-order valence-corrected chi connectivity index (χ4v) is 2.46. The molecule has 0 aromatic rings. The summed E-state index contributed by atoms with van der Waals surface area (Å²) in [5.74, 6) is 0. The van der Waals surface area contributed by atoms with E-state index in [-0.39, 0.29) is 6.42 Å². The van der Waals surface area contributed by atoms with Gasteiger partial charge in [0, 0.05) is 0 Å². The van der Waals surface area contributed by atoms with Crippen molar-refractivity contribution in [3.8, 4) is 0 Å². The maximum atomic E-state index is 10.0. The van der Waals surface area contributed by atoms with Crippen molar-refractivity contribution < 1.29 is 17.5 Å². The van der Waals surface area contributed by atoms with Crippen LogP contribution in [0.1, 0.15) is 47.5 Å². The van der Waals surface area contributed by atoms with Crippen LogP contribution in [-0.4, -0.2) is 48.3 Å². The van der Waals surface area contributed by atoms with Crippen LogP contribution in [0.2, 0.25) is 0 Å². The molecular weight excluding hydrogens is 274 g/mol. The molecular formula is C12H28ClNO3S. The van der Waals surface area contributed by atoms with Gasteiger partial charge >= 0.3 is 0 Å². The first-order valence-corrected chi connectivity index (χ1v) is 8.57. The van der Waals surface area contributed by atoms with Crippen LogP contribution in [0.4, 0.5) is 0 Å². The molecule has 112 valence electrons. The molecule has 0 saturated carbocycles. The minimum Gasteiger partial charge on any atom is -0.747 e. The highest BCUT2D eigenvalue weighted by molar-refractivity contribution is 7.87. The lowest BCUT2D eigenvalue weighted by Crippen LogP contribution is -2.47. The number of hydrogen-bond donors (Lipinski definition) is 0. The van der Waals surface area contributed by atoms with Crippen LogP contribution in [0.25, 0.3) is 0 Å². The molecule has 0 N–H and O–H groups in total. The molecule has 0 aliphatic carbocycles. The molecule has 0 aromatic carbocycles. The molecule has 0 aromatic heterocycles.